The largest absolute Gasteiger partial charge is 0.456 e. The summed E-state index contributed by atoms with van der Waals surface area (Å²) in [5, 5.41) is 6.79. The van der Waals surface area contributed by atoms with Crippen molar-refractivity contribution >= 4 is 82.9 Å². The molecular weight excluding hydrogens is 855 g/mol. The van der Waals surface area contributed by atoms with E-state index < -0.39 is 0 Å². The third-order valence-electron chi connectivity index (χ3n) is 14.0. The normalized spacial score (nSPS) is 11.7. The Morgan fingerprint density at radius 3 is 0.986 bits per heavy atom. The Hall–Kier alpha value is -9.38. The standard InChI is InChI=1S/C66H41NO3/c1-4-16-61-55(9-1)58-40-33-49(41-64(58)68-61)46-29-36-51(37-30-46)67(52-38-31-48(32-39-52)54-13-8-15-60-57-11-3-6-18-63(57)70-66(54)60)50-34-27-45(28-35-50)43-21-19-42(20-22-43)44-23-25-47(26-24-44)53-12-7-14-59-56-10-2-5-17-62(56)69-65(53)59/h1-41H. The molecule has 0 unspecified atom stereocenters. The van der Waals surface area contributed by atoms with Crippen LogP contribution in [-0.4, -0.2) is 0 Å². The van der Waals surface area contributed by atoms with Gasteiger partial charge in [0, 0.05) is 60.5 Å². The zero-order valence-corrected chi connectivity index (χ0v) is 37.8. The average molecular weight is 896 g/mol. The molecule has 70 heavy (non-hydrogen) atoms. The molecule has 11 aromatic carbocycles. The van der Waals surface area contributed by atoms with Crippen LogP contribution in [0.3, 0.4) is 0 Å². The van der Waals surface area contributed by atoms with E-state index >= 15 is 0 Å². The quantitative estimate of drug-likeness (QED) is 0.152. The monoisotopic (exact) mass is 895 g/mol. The molecule has 0 saturated carbocycles. The summed E-state index contributed by atoms with van der Waals surface area (Å²) >= 11 is 0. The highest BCUT2D eigenvalue weighted by Gasteiger charge is 2.18. The lowest BCUT2D eigenvalue weighted by atomic mass is 9.97. The first kappa shape index (κ1) is 39.8. The smallest absolute Gasteiger partial charge is 0.143 e. The molecule has 0 aliphatic carbocycles. The Morgan fingerprint density at radius 1 is 0.214 bits per heavy atom. The van der Waals surface area contributed by atoms with Crippen LogP contribution in [0.2, 0.25) is 0 Å². The SMILES string of the molecule is c1ccc2c(c1)oc1cc(-c3ccc(N(c4ccc(-c5ccc(-c6ccc(-c7cccc8c7oc7ccccc78)cc6)cc5)cc4)c4ccc(-c5cccc6c5oc5ccccc56)cc4)cc3)ccc12. The minimum atomic E-state index is 0.889. The molecule has 14 rings (SSSR count). The van der Waals surface area contributed by atoms with Gasteiger partial charge in [0.05, 0.1) is 0 Å². The number of nitrogens with zero attached hydrogens (tertiary/aromatic N) is 1. The summed E-state index contributed by atoms with van der Waals surface area (Å²) in [6.07, 6.45) is 0. The molecule has 0 radical (unpaired) electrons. The predicted octanol–water partition coefficient (Wildman–Crippen LogP) is 19.2. The van der Waals surface area contributed by atoms with Crippen LogP contribution in [0.25, 0.3) is 121 Å². The van der Waals surface area contributed by atoms with Gasteiger partial charge in [-0.25, -0.2) is 0 Å². The summed E-state index contributed by atoms with van der Waals surface area (Å²) in [5.74, 6) is 0. The van der Waals surface area contributed by atoms with Gasteiger partial charge in [0.15, 0.2) is 0 Å². The van der Waals surface area contributed by atoms with Crippen molar-refractivity contribution in [1.82, 2.24) is 0 Å². The van der Waals surface area contributed by atoms with E-state index in [9.17, 15) is 0 Å². The highest BCUT2D eigenvalue weighted by molar-refractivity contribution is 6.11. The zero-order valence-electron chi connectivity index (χ0n) is 37.8. The molecule has 0 aliphatic rings. The second-order valence-corrected chi connectivity index (χ2v) is 18.0. The number of rotatable bonds is 8. The Kier molecular flexibility index (Phi) is 9.17. The van der Waals surface area contributed by atoms with Gasteiger partial charge in [-0.15, -0.1) is 0 Å². The zero-order chi connectivity index (χ0) is 46.1. The van der Waals surface area contributed by atoms with Crippen LogP contribution in [-0.2, 0) is 0 Å². The first-order chi connectivity index (χ1) is 34.7. The minimum Gasteiger partial charge on any atom is -0.456 e. The number of benzene rings is 11. The Bertz CT molecular complexity index is 4250. The Balaban J connectivity index is 0.771. The summed E-state index contributed by atoms with van der Waals surface area (Å²) in [5.41, 5.74) is 19.9. The maximum absolute atomic E-state index is 6.44. The Morgan fingerprint density at radius 2 is 0.529 bits per heavy atom. The molecule has 4 nitrogen and oxygen atoms in total. The molecule has 14 aromatic rings. The van der Waals surface area contributed by atoms with E-state index in [-0.39, 0.29) is 0 Å². The molecule has 3 heterocycles. The van der Waals surface area contributed by atoms with Gasteiger partial charge in [0.1, 0.15) is 33.5 Å². The average Bonchev–Trinajstić information content (AvgIpc) is 4.13. The fraction of sp³-hybridized carbons (Fsp3) is 0. The van der Waals surface area contributed by atoms with Gasteiger partial charge in [0.25, 0.3) is 0 Å². The number of hydrogen-bond donors (Lipinski definition) is 0. The van der Waals surface area contributed by atoms with Crippen LogP contribution in [0.4, 0.5) is 17.1 Å². The van der Waals surface area contributed by atoms with Crippen molar-refractivity contribution in [2.45, 2.75) is 0 Å². The van der Waals surface area contributed by atoms with Crippen LogP contribution in [0.1, 0.15) is 0 Å². The maximum atomic E-state index is 6.44. The van der Waals surface area contributed by atoms with Gasteiger partial charge in [-0.3, -0.25) is 0 Å². The molecular formula is C66H41NO3. The van der Waals surface area contributed by atoms with Crippen molar-refractivity contribution in [2.75, 3.05) is 4.90 Å². The van der Waals surface area contributed by atoms with E-state index in [1.165, 1.54) is 11.1 Å². The van der Waals surface area contributed by atoms with E-state index in [0.29, 0.717) is 0 Å². The van der Waals surface area contributed by atoms with Crippen LogP contribution in [0, 0.1) is 0 Å². The number of furan rings is 3. The van der Waals surface area contributed by atoms with Crippen molar-refractivity contribution < 1.29 is 13.3 Å². The molecule has 0 saturated heterocycles. The first-order valence-corrected chi connectivity index (χ1v) is 23.7. The van der Waals surface area contributed by atoms with E-state index in [1.54, 1.807) is 0 Å². The van der Waals surface area contributed by atoms with Crippen LogP contribution in [0.15, 0.2) is 262 Å². The molecule has 0 bridgehead atoms. The molecule has 0 atom stereocenters. The summed E-state index contributed by atoms with van der Waals surface area (Å²) in [7, 11) is 0. The number of para-hydroxylation sites is 5. The van der Waals surface area contributed by atoms with Gasteiger partial charge in [-0.05, 0) is 111 Å². The van der Waals surface area contributed by atoms with Crippen molar-refractivity contribution in [3.63, 3.8) is 0 Å². The molecule has 0 spiro atoms. The van der Waals surface area contributed by atoms with Gasteiger partial charge in [0.2, 0.25) is 0 Å². The summed E-state index contributed by atoms with van der Waals surface area (Å²) in [6.45, 7) is 0. The molecule has 0 amide bonds. The third kappa shape index (κ3) is 6.69. The number of fused-ring (bicyclic) bond motifs is 9. The lowest BCUT2D eigenvalue weighted by molar-refractivity contribution is 0.669. The lowest BCUT2D eigenvalue weighted by Gasteiger charge is -2.26. The fourth-order valence-corrected chi connectivity index (χ4v) is 10.4. The summed E-state index contributed by atoms with van der Waals surface area (Å²) in [4.78, 5) is 2.32. The molecule has 0 fully saturated rings. The topological polar surface area (TPSA) is 42.7 Å². The fourth-order valence-electron chi connectivity index (χ4n) is 10.4. The van der Waals surface area contributed by atoms with Crippen LogP contribution >= 0.6 is 0 Å². The second-order valence-electron chi connectivity index (χ2n) is 18.0. The van der Waals surface area contributed by atoms with E-state index in [1.807, 2.05) is 36.4 Å². The summed E-state index contributed by atoms with van der Waals surface area (Å²) in [6, 6.07) is 88.2. The highest BCUT2D eigenvalue weighted by Crippen LogP contribution is 2.42. The van der Waals surface area contributed by atoms with Gasteiger partial charge in [-0.1, -0.05) is 182 Å². The van der Waals surface area contributed by atoms with E-state index in [0.717, 1.165) is 127 Å². The van der Waals surface area contributed by atoms with Crippen molar-refractivity contribution in [2.24, 2.45) is 0 Å². The van der Waals surface area contributed by atoms with Gasteiger partial charge in [-0.2, -0.15) is 0 Å². The molecule has 0 aliphatic heterocycles. The van der Waals surface area contributed by atoms with Gasteiger partial charge < -0.3 is 18.2 Å². The predicted molar refractivity (Wildman–Crippen MR) is 290 cm³/mol. The summed E-state index contributed by atoms with van der Waals surface area (Å²) < 4.78 is 19.0. The van der Waals surface area contributed by atoms with Crippen LogP contribution < -0.4 is 4.90 Å². The van der Waals surface area contributed by atoms with Gasteiger partial charge >= 0.3 is 0 Å². The second kappa shape index (κ2) is 16.2. The van der Waals surface area contributed by atoms with Crippen molar-refractivity contribution in [3.8, 4) is 55.6 Å². The minimum absolute atomic E-state index is 0.889. The molecule has 328 valence electrons. The third-order valence-corrected chi connectivity index (χ3v) is 14.0. The van der Waals surface area contributed by atoms with Crippen molar-refractivity contribution in [3.05, 3.63) is 249 Å². The molecule has 4 heteroatoms. The molecule has 3 aromatic heterocycles. The number of anilines is 3. The van der Waals surface area contributed by atoms with Crippen LogP contribution in [0.5, 0.6) is 0 Å². The van der Waals surface area contributed by atoms with Crippen molar-refractivity contribution in [1.29, 1.82) is 0 Å². The lowest BCUT2D eigenvalue weighted by Crippen LogP contribution is -2.09. The molecule has 0 N–H and O–H groups in total. The highest BCUT2D eigenvalue weighted by atomic mass is 16.3. The maximum Gasteiger partial charge on any atom is 0.143 e. The first-order valence-electron chi connectivity index (χ1n) is 23.7. The van der Waals surface area contributed by atoms with E-state index in [4.69, 9.17) is 13.3 Å². The van der Waals surface area contributed by atoms with E-state index in [2.05, 4.69) is 217 Å². The number of hydrogen-bond acceptors (Lipinski definition) is 4. The Labute approximate surface area is 403 Å².